The summed E-state index contributed by atoms with van der Waals surface area (Å²) in [6, 6.07) is 12.1. The zero-order valence-electron chi connectivity index (χ0n) is 14.3. The van der Waals surface area contributed by atoms with E-state index in [1.54, 1.807) is 4.52 Å². The molecule has 1 fully saturated rings. The first-order chi connectivity index (χ1) is 12.1. The minimum atomic E-state index is 0.406. The number of aromatic nitrogens is 3. The molecule has 0 amide bonds. The van der Waals surface area contributed by atoms with Gasteiger partial charge in [0, 0.05) is 36.2 Å². The molecule has 3 heterocycles. The maximum atomic E-state index is 6.18. The average molecular weight is 356 g/mol. The van der Waals surface area contributed by atoms with Crippen LogP contribution in [0.3, 0.4) is 0 Å². The fourth-order valence-corrected chi connectivity index (χ4v) is 3.76. The van der Waals surface area contributed by atoms with Crippen LogP contribution in [-0.2, 0) is 6.54 Å². The fourth-order valence-electron chi connectivity index (χ4n) is 3.63. The van der Waals surface area contributed by atoms with Crippen molar-refractivity contribution < 1.29 is 0 Å². The number of aryl methyl sites for hydroxylation is 1. The SMILES string of the molecule is Cc1cc2nc([C@@H]3CCCN(Cc4ccc(Cl)cc4)C3)cc(N)n2n1. The predicted octanol–water partition coefficient (Wildman–Crippen LogP) is 3.65. The molecule has 0 spiro atoms. The van der Waals surface area contributed by atoms with Gasteiger partial charge in [-0.1, -0.05) is 23.7 Å². The third kappa shape index (κ3) is 3.48. The Morgan fingerprint density at radius 3 is 2.84 bits per heavy atom. The van der Waals surface area contributed by atoms with E-state index in [0.29, 0.717) is 11.7 Å². The Balaban J connectivity index is 1.53. The molecule has 3 aromatic rings. The summed E-state index contributed by atoms with van der Waals surface area (Å²) in [4.78, 5) is 7.30. The van der Waals surface area contributed by atoms with Crippen molar-refractivity contribution >= 4 is 23.1 Å². The molecule has 2 aromatic heterocycles. The second-order valence-corrected chi connectivity index (χ2v) is 7.30. The van der Waals surface area contributed by atoms with Gasteiger partial charge in [0.25, 0.3) is 0 Å². The van der Waals surface area contributed by atoms with Gasteiger partial charge in [-0.25, -0.2) is 4.98 Å². The van der Waals surface area contributed by atoms with Crippen LogP contribution in [0.4, 0.5) is 5.82 Å². The minimum absolute atomic E-state index is 0.406. The van der Waals surface area contributed by atoms with E-state index in [1.807, 2.05) is 31.2 Å². The van der Waals surface area contributed by atoms with Crippen LogP contribution < -0.4 is 5.73 Å². The number of halogens is 1. The highest BCUT2D eigenvalue weighted by Crippen LogP contribution is 2.28. The van der Waals surface area contributed by atoms with E-state index in [9.17, 15) is 0 Å². The largest absolute Gasteiger partial charge is 0.384 e. The summed E-state index contributed by atoms with van der Waals surface area (Å²) in [7, 11) is 0. The molecule has 0 radical (unpaired) electrons. The fraction of sp³-hybridized carbons (Fsp3) is 0.368. The molecular formula is C19H22ClN5. The Bertz CT molecular complexity index is 887. The summed E-state index contributed by atoms with van der Waals surface area (Å²) >= 11 is 5.98. The van der Waals surface area contributed by atoms with Crippen molar-refractivity contribution in [2.24, 2.45) is 0 Å². The second kappa shape index (κ2) is 6.65. The van der Waals surface area contributed by atoms with Gasteiger partial charge in [-0.3, -0.25) is 4.90 Å². The first-order valence-corrected chi connectivity index (χ1v) is 9.06. The molecule has 5 nitrogen and oxygen atoms in total. The van der Waals surface area contributed by atoms with Crippen LogP contribution >= 0.6 is 11.6 Å². The van der Waals surface area contributed by atoms with Gasteiger partial charge in [-0.15, -0.1) is 0 Å². The third-order valence-corrected chi connectivity index (χ3v) is 5.09. The molecular weight excluding hydrogens is 334 g/mol. The second-order valence-electron chi connectivity index (χ2n) is 6.86. The van der Waals surface area contributed by atoms with Crippen LogP contribution in [0.15, 0.2) is 36.4 Å². The molecule has 1 saturated heterocycles. The molecule has 0 aliphatic carbocycles. The van der Waals surface area contributed by atoms with E-state index in [4.69, 9.17) is 22.3 Å². The van der Waals surface area contributed by atoms with Crippen LogP contribution in [-0.4, -0.2) is 32.6 Å². The summed E-state index contributed by atoms with van der Waals surface area (Å²) in [6.45, 7) is 5.01. The quantitative estimate of drug-likeness (QED) is 0.779. The highest BCUT2D eigenvalue weighted by atomic mass is 35.5. The van der Waals surface area contributed by atoms with Gasteiger partial charge < -0.3 is 5.73 Å². The number of anilines is 1. The first kappa shape index (κ1) is 16.4. The predicted molar refractivity (Wildman–Crippen MR) is 101 cm³/mol. The molecule has 0 saturated carbocycles. The van der Waals surface area contributed by atoms with Crippen molar-refractivity contribution in [1.29, 1.82) is 0 Å². The summed E-state index contributed by atoms with van der Waals surface area (Å²) in [5.74, 6) is 1.06. The summed E-state index contributed by atoms with van der Waals surface area (Å²) < 4.78 is 1.72. The van der Waals surface area contributed by atoms with E-state index < -0.39 is 0 Å². The van der Waals surface area contributed by atoms with E-state index >= 15 is 0 Å². The maximum Gasteiger partial charge on any atom is 0.157 e. The van der Waals surface area contributed by atoms with Gasteiger partial charge in [-0.05, 0) is 44.0 Å². The number of likely N-dealkylation sites (tertiary alicyclic amines) is 1. The van der Waals surface area contributed by atoms with Gasteiger partial charge in [0.2, 0.25) is 0 Å². The number of nitrogen functional groups attached to an aromatic ring is 1. The molecule has 4 rings (SSSR count). The van der Waals surface area contributed by atoms with Gasteiger partial charge in [-0.2, -0.15) is 9.61 Å². The smallest absolute Gasteiger partial charge is 0.157 e. The first-order valence-electron chi connectivity index (χ1n) is 8.68. The highest BCUT2D eigenvalue weighted by molar-refractivity contribution is 6.30. The lowest BCUT2D eigenvalue weighted by Crippen LogP contribution is -2.34. The molecule has 25 heavy (non-hydrogen) atoms. The molecule has 0 unspecified atom stereocenters. The average Bonchev–Trinajstić information content (AvgIpc) is 2.98. The number of fused-ring (bicyclic) bond motifs is 1. The van der Waals surface area contributed by atoms with Crippen LogP contribution in [0, 0.1) is 6.92 Å². The van der Waals surface area contributed by atoms with E-state index in [1.165, 1.54) is 12.0 Å². The summed E-state index contributed by atoms with van der Waals surface area (Å²) in [6.07, 6.45) is 2.32. The van der Waals surface area contributed by atoms with Crippen molar-refractivity contribution in [3.8, 4) is 0 Å². The molecule has 2 N–H and O–H groups in total. The van der Waals surface area contributed by atoms with Gasteiger partial charge >= 0.3 is 0 Å². The molecule has 0 bridgehead atoms. The van der Waals surface area contributed by atoms with Crippen LogP contribution in [0.2, 0.25) is 5.02 Å². The van der Waals surface area contributed by atoms with Gasteiger partial charge in [0.15, 0.2) is 5.65 Å². The number of hydrogen-bond acceptors (Lipinski definition) is 4. The number of piperidine rings is 1. The molecule has 6 heteroatoms. The molecule has 1 aliphatic rings. The number of hydrogen-bond donors (Lipinski definition) is 1. The number of benzene rings is 1. The Morgan fingerprint density at radius 1 is 1.24 bits per heavy atom. The Kier molecular flexibility index (Phi) is 4.36. The van der Waals surface area contributed by atoms with Crippen molar-refractivity contribution in [2.45, 2.75) is 32.2 Å². The zero-order chi connectivity index (χ0) is 17.4. The zero-order valence-corrected chi connectivity index (χ0v) is 15.1. The number of nitrogens with two attached hydrogens (primary N) is 1. The van der Waals surface area contributed by atoms with E-state index in [-0.39, 0.29) is 0 Å². The Hall–Kier alpha value is -2.11. The summed E-state index contributed by atoms with van der Waals surface area (Å²) in [5.41, 5.74) is 10.3. The van der Waals surface area contributed by atoms with Crippen LogP contribution in [0.5, 0.6) is 0 Å². The lowest BCUT2D eigenvalue weighted by molar-refractivity contribution is 0.198. The van der Waals surface area contributed by atoms with E-state index in [2.05, 4.69) is 22.1 Å². The van der Waals surface area contributed by atoms with Crippen molar-refractivity contribution in [2.75, 3.05) is 18.8 Å². The molecule has 1 aromatic carbocycles. The Morgan fingerprint density at radius 2 is 2.04 bits per heavy atom. The number of nitrogens with zero attached hydrogens (tertiary/aromatic N) is 4. The molecule has 1 aliphatic heterocycles. The van der Waals surface area contributed by atoms with Crippen LogP contribution in [0.1, 0.15) is 35.7 Å². The van der Waals surface area contributed by atoms with Gasteiger partial charge in [0.05, 0.1) is 11.4 Å². The van der Waals surface area contributed by atoms with Gasteiger partial charge in [0.1, 0.15) is 5.82 Å². The number of rotatable bonds is 3. The topological polar surface area (TPSA) is 59.5 Å². The lowest BCUT2D eigenvalue weighted by atomic mass is 9.94. The summed E-state index contributed by atoms with van der Waals surface area (Å²) in [5, 5.41) is 5.17. The molecule has 130 valence electrons. The monoisotopic (exact) mass is 355 g/mol. The maximum absolute atomic E-state index is 6.18. The lowest BCUT2D eigenvalue weighted by Gasteiger charge is -2.32. The van der Waals surface area contributed by atoms with E-state index in [0.717, 1.165) is 48.1 Å². The Labute approximate surface area is 152 Å². The van der Waals surface area contributed by atoms with Crippen molar-refractivity contribution in [3.05, 3.63) is 58.4 Å². The van der Waals surface area contributed by atoms with Crippen molar-refractivity contribution in [3.63, 3.8) is 0 Å². The minimum Gasteiger partial charge on any atom is -0.384 e. The van der Waals surface area contributed by atoms with Crippen LogP contribution in [0.25, 0.3) is 5.65 Å². The standard InChI is InChI=1S/C19H22ClN5/c1-13-9-19-22-17(10-18(21)25(19)23-13)15-3-2-8-24(12-15)11-14-4-6-16(20)7-5-14/h4-7,9-10,15H,2-3,8,11-12,21H2,1H3/t15-/m1/s1. The highest BCUT2D eigenvalue weighted by Gasteiger charge is 2.23. The molecule has 1 atom stereocenters. The normalized spacial score (nSPS) is 18.7. The van der Waals surface area contributed by atoms with Crippen molar-refractivity contribution in [1.82, 2.24) is 19.5 Å². The third-order valence-electron chi connectivity index (χ3n) is 4.84.